The lowest BCUT2D eigenvalue weighted by Crippen LogP contribution is -1.97. The van der Waals surface area contributed by atoms with E-state index < -0.39 is 0 Å². The molecule has 1 nitrogen and oxygen atoms in total. The average molecular weight is 907 g/mol. The Bertz CT molecular complexity index is 1260. The summed E-state index contributed by atoms with van der Waals surface area (Å²) in [5.74, 6) is 0. The first-order valence-electron chi connectivity index (χ1n) is 10.1. The van der Waals surface area contributed by atoms with Gasteiger partial charge in [0.15, 0.2) is 0 Å². The maximum atomic E-state index is 5.46. The van der Waals surface area contributed by atoms with Crippen LogP contribution >= 0.6 is 112 Å². The summed E-state index contributed by atoms with van der Waals surface area (Å²) in [5.41, 5.74) is 6.64. The summed E-state index contributed by atoms with van der Waals surface area (Å²) in [6.45, 7) is 2.03. The number of alkyl halides is 1. The van der Waals surface area contributed by atoms with Gasteiger partial charge in [0.05, 0.1) is 6.10 Å². The Labute approximate surface area is 259 Å². The van der Waals surface area contributed by atoms with E-state index in [4.69, 9.17) is 4.74 Å². The molecule has 0 aromatic heterocycles. The van der Waals surface area contributed by atoms with Crippen molar-refractivity contribution in [3.05, 3.63) is 96.6 Å². The Kier molecular flexibility index (Phi) is 11.4. The second-order valence-electron chi connectivity index (χ2n) is 7.43. The van der Waals surface area contributed by atoms with Crippen LogP contribution in [0.1, 0.15) is 46.4 Å². The van der Waals surface area contributed by atoms with Crippen LogP contribution in [0.3, 0.4) is 0 Å². The van der Waals surface area contributed by atoms with E-state index in [0.29, 0.717) is 0 Å². The minimum Gasteiger partial charge on any atom is -0.377 e. The highest BCUT2D eigenvalue weighted by atomic mass is 79.9. The zero-order valence-electron chi connectivity index (χ0n) is 18.1. The van der Waals surface area contributed by atoms with Gasteiger partial charge in [0.25, 0.3) is 0 Å². The van der Waals surface area contributed by atoms with E-state index in [-0.39, 0.29) is 6.10 Å². The summed E-state index contributed by atoms with van der Waals surface area (Å²) < 4.78 is 11.7. The van der Waals surface area contributed by atoms with Crippen LogP contribution in [0.5, 0.6) is 0 Å². The Balaban J connectivity index is 1.87. The maximum Gasteiger partial charge on any atom is 0.0804 e. The number of benzene rings is 3. The molecule has 178 valence electrons. The molecule has 0 saturated heterocycles. The topological polar surface area (TPSA) is 9.23 Å². The van der Waals surface area contributed by atoms with Gasteiger partial charge in [0.2, 0.25) is 0 Å². The predicted molar refractivity (Wildman–Crippen MR) is 171 cm³/mol. The molecule has 1 unspecified atom stereocenters. The second-order valence-corrected chi connectivity index (χ2v) is 13.1. The molecule has 1 atom stereocenters. The van der Waals surface area contributed by atoms with Gasteiger partial charge >= 0.3 is 0 Å². The smallest absolute Gasteiger partial charge is 0.0804 e. The van der Waals surface area contributed by atoms with Gasteiger partial charge in [-0.25, -0.2) is 0 Å². The largest absolute Gasteiger partial charge is 0.377 e. The monoisotopic (exact) mass is 900 g/mol. The van der Waals surface area contributed by atoms with Gasteiger partial charge in [-0.15, -0.1) is 0 Å². The lowest BCUT2D eigenvalue weighted by molar-refractivity contribution is 0.119. The van der Waals surface area contributed by atoms with E-state index in [1.54, 1.807) is 7.11 Å². The molecule has 0 saturated carbocycles. The van der Waals surface area contributed by atoms with Crippen LogP contribution in [0.15, 0.2) is 63.2 Å². The van der Waals surface area contributed by atoms with Gasteiger partial charge < -0.3 is 4.74 Å². The van der Waals surface area contributed by atoms with Crippen molar-refractivity contribution in [2.45, 2.75) is 18.4 Å². The first-order chi connectivity index (χ1) is 16.1. The zero-order chi connectivity index (χ0) is 25.0. The molecule has 0 fully saturated rings. The summed E-state index contributed by atoms with van der Waals surface area (Å²) in [6, 6.07) is 12.7. The fraction of sp³-hybridized carbons (Fsp3) is 0.154. The molecule has 0 N–H and O–H groups in total. The molecule has 3 aromatic rings. The molecule has 0 radical (unpaired) electrons. The number of hydrogen-bond acceptors (Lipinski definition) is 1. The molecule has 0 aliphatic carbocycles. The standard InChI is InChI=1S/C26H19Br7O/c1-14(34-2)20-12-25(32)18(10-26(20)33)6-5-16-8-21(28)15(7-22(16)29)3-4-17-9-24(31)19(13-27)11-23(17)30/h3-12,14H,13H2,1-2H3/b4-3-,6-5-. The minimum absolute atomic E-state index is 0.0125. The number of rotatable bonds is 7. The third-order valence-corrected chi connectivity index (χ3v) is 9.99. The molecule has 0 aliphatic heterocycles. The van der Waals surface area contributed by atoms with E-state index in [1.807, 2.05) is 6.92 Å². The summed E-state index contributed by atoms with van der Waals surface area (Å²) in [5, 5.41) is 0.799. The van der Waals surface area contributed by atoms with Crippen molar-refractivity contribution in [3.63, 3.8) is 0 Å². The SMILES string of the molecule is COC(C)c1cc(Br)c(/C=C\c2cc(Br)c(/C=C\c3cc(Br)c(CBr)cc3Br)cc2Br)cc1Br. The molecule has 0 spiro atoms. The van der Waals surface area contributed by atoms with Crippen LogP contribution in [0.2, 0.25) is 0 Å². The highest BCUT2D eigenvalue weighted by Crippen LogP contribution is 2.34. The number of methoxy groups -OCH3 is 1. The third kappa shape index (κ3) is 7.27. The summed E-state index contributed by atoms with van der Waals surface area (Å²) >= 11 is 25.7. The van der Waals surface area contributed by atoms with Gasteiger partial charge in [-0.1, -0.05) is 136 Å². The van der Waals surface area contributed by atoms with E-state index in [2.05, 4.69) is 172 Å². The molecule has 0 heterocycles. The lowest BCUT2D eigenvalue weighted by atomic mass is 10.1. The first kappa shape index (κ1) is 29.0. The Morgan fingerprint density at radius 2 is 1.00 bits per heavy atom. The number of hydrogen-bond donors (Lipinski definition) is 0. The van der Waals surface area contributed by atoms with Gasteiger partial charge in [0.1, 0.15) is 0 Å². The quantitative estimate of drug-likeness (QED) is 0.170. The van der Waals surface area contributed by atoms with E-state index in [1.165, 1.54) is 5.56 Å². The molecular formula is C26H19Br7O. The average Bonchev–Trinajstić information content (AvgIpc) is 2.81. The fourth-order valence-corrected chi connectivity index (χ4v) is 7.20. The molecular weight excluding hydrogens is 888 g/mol. The molecule has 34 heavy (non-hydrogen) atoms. The Morgan fingerprint density at radius 1 is 0.618 bits per heavy atom. The Morgan fingerprint density at radius 3 is 1.44 bits per heavy atom. The molecule has 0 aliphatic rings. The zero-order valence-corrected chi connectivity index (χ0v) is 29.2. The third-order valence-electron chi connectivity index (χ3n) is 5.22. The minimum atomic E-state index is 0.0125. The number of ether oxygens (including phenoxy) is 1. The van der Waals surface area contributed by atoms with Crippen LogP contribution in [0, 0.1) is 0 Å². The predicted octanol–water partition coefficient (Wildman–Crippen LogP) is 12.2. The van der Waals surface area contributed by atoms with Crippen LogP contribution in [0.4, 0.5) is 0 Å². The van der Waals surface area contributed by atoms with E-state index in [9.17, 15) is 0 Å². The number of halogens is 7. The molecule has 3 aromatic carbocycles. The van der Waals surface area contributed by atoms with Crippen molar-refractivity contribution in [2.24, 2.45) is 0 Å². The lowest BCUT2D eigenvalue weighted by Gasteiger charge is -2.14. The summed E-state index contributed by atoms with van der Waals surface area (Å²) in [6.07, 6.45) is 8.41. The van der Waals surface area contributed by atoms with Crippen molar-refractivity contribution < 1.29 is 4.74 Å². The summed E-state index contributed by atoms with van der Waals surface area (Å²) in [7, 11) is 1.71. The van der Waals surface area contributed by atoms with Crippen molar-refractivity contribution in [1.82, 2.24) is 0 Å². The normalized spacial score (nSPS) is 12.7. The molecule has 0 bridgehead atoms. The van der Waals surface area contributed by atoms with Crippen molar-refractivity contribution in [3.8, 4) is 0 Å². The van der Waals surface area contributed by atoms with Crippen LogP contribution in [-0.4, -0.2) is 7.11 Å². The van der Waals surface area contributed by atoms with Gasteiger partial charge in [-0.2, -0.15) is 0 Å². The van der Waals surface area contributed by atoms with E-state index >= 15 is 0 Å². The van der Waals surface area contributed by atoms with Crippen LogP contribution < -0.4 is 0 Å². The first-order valence-corrected chi connectivity index (χ1v) is 15.9. The van der Waals surface area contributed by atoms with Crippen molar-refractivity contribution in [1.29, 1.82) is 0 Å². The highest BCUT2D eigenvalue weighted by Gasteiger charge is 2.12. The van der Waals surface area contributed by atoms with Gasteiger partial charge in [-0.3, -0.25) is 0 Å². The Hall–Kier alpha value is 0.460. The molecule has 8 heteroatoms. The van der Waals surface area contributed by atoms with Gasteiger partial charge in [0, 0.05) is 39.3 Å². The molecule has 3 rings (SSSR count). The highest BCUT2D eigenvalue weighted by molar-refractivity contribution is 9.11. The van der Waals surface area contributed by atoms with Crippen LogP contribution in [-0.2, 0) is 10.1 Å². The van der Waals surface area contributed by atoms with Gasteiger partial charge in [-0.05, 0) is 76.7 Å². The van der Waals surface area contributed by atoms with E-state index in [0.717, 1.165) is 60.0 Å². The maximum absolute atomic E-state index is 5.46. The van der Waals surface area contributed by atoms with Crippen molar-refractivity contribution >= 4 is 136 Å². The van der Waals surface area contributed by atoms with Crippen LogP contribution in [0.25, 0.3) is 24.3 Å². The summed E-state index contributed by atoms with van der Waals surface area (Å²) in [4.78, 5) is 0. The fourth-order valence-electron chi connectivity index (χ4n) is 3.17. The molecule has 0 amide bonds. The second kappa shape index (κ2) is 13.3. The van der Waals surface area contributed by atoms with Crippen molar-refractivity contribution in [2.75, 3.05) is 7.11 Å².